The Morgan fingerprint density at radius 3 is 0.842 bits per heavy atom. The molecule has 0 fully saturated rings. The molecule has 0 aliphatic heterocycles. The van der Waals surface area contributed by atoms with Crippen LogP contribution < -0.4 is 0 Å². The SMILES string of the molecule is CC/C=C\C/C=C\C/C=C\C/C=C\C/C=C\C/C=C\C/C=C\C/C=C\C/C=C\C/C=C\C/C=C\CCCCCC(=O)OC(COC(=O)CCCC/C=C\C/C=C\C/C=C\C/C=C\C/C=C\C/C=C\C/C=C\C/C=C\C/C=C\C/C=C\CC)COC(OCC[N+](C)(C)C)C(=O)O. The van der Waals surface area contributed by atoms with Crippen LogP contribution in [0.15, 0.2) is 255 Å². The van der Waals surface area contributed by atoms with Gasteiger partial charge in [0.05, 0.1) is 34.4 Å². The molecule has 0 aromatic carbocycles. The van der Waals surface area contributed by atoms with Crippen LogP contribution in [0.4, 0.5) is 0 Å². The van der Waals surface area contributed by atoms with Gasteiger partial charge >= 0.3 is 17.9 Å². The van der Waals surface area contributed by atoms with Crippen LogP contribution in [0.3, 0.4) is 0 Å². The number of carboxylic acid groups (broad SMARTS) is 1. The predicted octanol–water partition coefficient (Wildman–Crippen LogP) is 23.0. The van der Waals surface area contributed by atoms with E-state index in [1.54, 1.807) is 0 Å². The Balaban J connectivity index is 4.38. The number of ether oxygens (including phenoxy) is 4. The van der Waals surface area contributed by atoms with E-state index in [9.17, 15) is 19.5 Å². The van der Waals surface area contributed by atoms with Crippen molar-refractivity contribution in [1.82, 2.24) is 0 Å². The molecule has 0 amide bonds. The van der Waals surface area contributed by atoms with Gasteiger partial charge in [-0.15, -0.1) is 0 Å². The van der Waals surface area contributed by atoms with Gasteiger partial charge in [-0.2, -0.15) is 0 Å². The molecular formula is C86H128NO8+. The maximum absolute atomic E-state index is 12.9. The van der Waals surface area contributed by atoms with Crippen LogP contribution in [-0.4, -0.2) is 87.4 Å². The molecular weight excluding hydrogens is 1170 g/mol. The number of unbranched alkanes of at least 4 members (excludes halogenated alkanes) is 5. The lowest BCUT2D eigenvalue weighted by Gasteiger charge is -2.25. The highest BCUT2D eigenvalue weighted by molar-refractivity contribution is 5.71. The summed E-state index contributed by atoms with van der Waals surface area (Å²) in [4.78, 5) is 37.6. The number of carboxylic acids is 1. The Morgan fingerprint density at radius 1 is 0.316 bits per heavy atom. The molecule has 0 aliphatic rings. The third-order valence-corrected chi connectivity index (χ3v) is 13.8. The average Bonchev–Trinajstić information content (AvgIpc) is 3.75. The summed E-state index contributed by atoms with van der Waals surface area (Å²) in [6.07, 6.45) is 117. The maximum Gasteiger partial charge on any atom is 0.361 e. The number of hydrogen-bond acceptors (Lipinski definition) is 7. The number of quaternary nitrogens is 1. The number of hydrogen-bond donors (Lipinski definition) is 1. The molecule has 1 N–H and O–H groups in total. The number of esters is 2. The van der Waals surface area contributed by atoms with Gasteiger partial charge in [0, 0.05) is 12.8 Å². The van der Waals surface area contributed by atoms with E-state index in [1.807, 2.05) is 21.1 Å². The Kier molecular flexibility index (Phi) is 67.2. The van der Waals surface area contributed by atoms with Crippen molar-refractivity contribution >= 4 is 17.9 Å². The van der Waals surface area contributed by atoms with E-state index in [4.69, 9.17) is 18.9 Å². The summed E-state index contributed by atoms with van der Waals surface area (Å²) in [5.41, 5.74) is 0. The largest absolute Gasteiger partial charge is 0.477 e. The molecule has 9 nitrogen and oxygen atoms in total. The second-order valence-electron chi connectivity index (χ2n) is 23.7. The van der Waals surface area contributed by atoms with E-state index in [0.29, 0.717) is 23.9 Å². The zero-order valence-corrected chi connectivity index (χ0v) is 59.7. The van der Waals surface area contributed by atoms with Crippen LogP contribution in [-0.2, 0) is 33.3 Å². The summed E-state index contributed by atoms with van der Waals surface area (Å²) < 4.78 is 22.8. The third kappa shape index (κ3) is 74.1. The fourth-order valence-electron chi connectivity index (χ4n) is 8.40. The summed E-state index contributed by atoms with van der Waals surface area (Å²) in [6, 6.07) is 0. The standard InChI is InChI=1S/C86H127NO8/c1-6-8-10-12-14-16-18-20-22-24-26-28-30-32-34-36-38-40-41-42-43-45-47-49-51-53-55-57-59-61-63-65-67-69-71-73-75-77-84(89)95-82(81-94-86(85(90)91)92-79-78-87(3,4)5)80-93-83(88)76-74-72-70-68-66-64-62-60-58-56-54-52-50-48-46-44-39-37-35-33-31-29-27-25-23-21-19-17-15-13-11-9-7-2/h8-11,14-17,20-23,26-29,32-35,38-40,42-44,47-50,53-56,59-62,65-68,82,86H,6-7,12-13,18-19,24-25,30-31,36-37,41,45-46,51-52,57-58,63-64,69-81H2,1-5H3/p+1/b10-8-,11-9-,16-14-,17-15-,22-20-,23-21-,28-26-,29-27-,34-32-,35-33-,40-38-,43-42-,44-39-,49-47-,50-48-,55-53-,56-54-,61-59-,62-60-,67-65-,68-66-. The van der Waals surface area contributed by atoms with Crippen molar-refractivity contribution in [3.05, 3.63) is 255 Å². The summed E-state index contributed by atoms with van der Waals surface area (Å²) >= 11 is 0. The number of aliphatic carboxylic acids is 1. The van der Waals surface area contributed by atoms with Crippen LogP contribution in [0, 0.1) is 0 Å². The summed E-state index contributed by atoms with van der Waals surface area (Å²) in [5.74, 6) is -2.15. The first-order valence-electron chi connectivity index (χ1n) is 35.8. The number of carbonyl (C=O) groups excluding carboxylic acids is 2. The monoisotopic (exact) mass is 1300 g/mol. The van der Waals surface area contributed by atoms with E-state index in [1.165, 1.54) is 0 Å². The second kappa shape index (κ2) is 72.7. The quantitative estimate of drug-likeness (QED) is 0.0211. The van der Waals surface area contributed by atoms with Gasteiger partial charge < -0.3 is 28.5 Å². The first kappa shape index (κ1) is 87.8. The second-order valence-corrected chi connectivity index (χ2v) is 23.7. The Bertz CT molecular complexity index is 2510. The molecule has 0 saturated heterocycles. The number of allylic oxidation sites excluding steroid dienone is 42. The van der Waals surface area contributed by atoms with Gasteiger partial charge in [-0.25, -0.2) is 4.79 Å². The highest BCUT2D eigenvalue weighted by Crippen LogP contribution is 2.11. The number of carbonyl (C=O) groups is 3. The van der Waals surface area contributed by atoms with Crippen molar-refractivity contribution in [2.45, 2.75) is 219 Å². The van der Waals surface area contributed by atoms with Crippen molar-refractivity contribution in [2.24, 2.45) is 0 Å². The fraction of sp³-hybridized carbons (Fsp3) is 0.477. The van der Waals surface area contributed by atoms with Crippen molar-refractivity contribution in [1.29, 1.82) is 0 Å². The zero-order chi connectivity index (χ0) is 69.0. The van der Waals surface area contributed by atoms with Gasteiger partial charge in [-0.1, -0.05) is 275 Å². The van der Waals surface area contributed by atoms with Crippen LogP contribution in [0.1, 0.15) is 206 Å². The summed E-state index contributed by atoms with van der Waals surface area (Å²) in [6.45, 7) is 4.51. The molecule has 0 aliphatic carbocycles. The molecule has 2 unspecified atom stereocenters. The van der Waals surface area contributed by atoms with E-state index in [2.05, 4.69) is 269 Å². The highest BCUT2D eigenvalue weighted by Gasteiger charge is 2.25. The Morgan fingerprint density at radius 2 is 0.568 bits per heavy atom. The van der Waals surface area contributed by atoms with Gasteiger partial charge in [0.15, 0.2) is 6.10 Å². The molecule has 0 aromatic heterocycles. The number of nitrogens with zero attached hydrogens (tertiary/aromatic N) is 1. The van der Waals surface area contributed by atoms with E-state index < -0.39 is 30.3 Å². The maximum atomic E-state index is 12.9. The first-order valence-corrected chi connectivity index (χ1v) is 35.8. The number of rotatable bonds is 62. The van der Waals surface area contributed by atoms with Crippen LogP contribution >= 0.6 is 0 Å². The van der Waals surface area contributed by atoms with Gasteiger partial charge in [-0.05, 0) is 173 Å². The normalized spacial score (nSPS) is 14.2. The van der Waals surface area contributed by atoms with Crippen molar-refractivity contribution in [2.75, 3.05) is 47.5 Å². The van der Waals surface area contributed by atoms with Gasteiger partial charge in [0.25, 0.3) is 6.29 Å². The Labute approximate surface area is 579 Å². The zero-order valence-electron chi connectivity index (χ0n) is 59.7. The van der Waals surface area contributed by atoms with E-state index in [-0.39, 0.29) is 32.7 Å². The molecule has 524 valence electrons. The smallest absolute Gasteiger partial charge is 0.361 e. The van der Waals surface area contributed by atoms with Gasteiger partial charge in [0.2, 0.25) is 0 Å². The fourth-order valence-corrected chi connectivity index (χ4v) is 8.40. The number of likely N-dealkylation sites (N-methyl/N-ethyl adjacent to an activating group) is 1. The molecule has 0 heterocycles. The molecule has 0 aromatic rings. The molecule has 0 bridgehead atoms. The van der Waals surface area contributed by atoms with Crippen molar-refractivity contribution in [3.8, 4) is 0 Å². The molecule has 9 heteroatoms. The molecule has 0 radical (unpaired) electrons. The molecule has 2 atom stereocenters. The lowest BCUT2D eigenvalue weighted by atomic mass is 10.1. The van der Waals surface area contributed by atoms with E-state index in [0.717, 1.165) is 167 Å². The minimum absolute atomic E-state index is 0.158. The topological polar surface area (TPSA) is 108 Å². The van der Waals surface area contributed by atoms with Crippen LogP contribution in [0.5, 0.6) is 0 Å². The minimum Gasteiger partial charge on any atom is -0.477 e. The summed E-state index contributed by atoms with van der Waals surface area (Å²) in [5, 5.41) is 9.75. The molecule has 95 heavy (non-hydrogen) atoms. The van der Waals surface area contributed by atoms with E-state index >= 15 is 0 Å². The average molecular weight is 1300 g/mol. The van der Waals surface area contributed by atoms with Crippen LogP contribution in [0.2, 0.25) is 0 Å². The minimum atomic E-state index is -1.55. The van der Waals surface area contributed by atoms with Gasteiger partial charge in [-0.3, -0.25) is 9.59 Å². The lowest BCUT2D eigenvalue weighted by Crippen LogP contribution is -2.40. The van der Waals surface area contributed by atoms with Crippen molar-refractivity contribution < 1.29 is 42.9 Å². The molecule has 0 rings (SSSR count). The lowest BCUT2D eigenvalue weighted by molar-refractivity contribution is -0.870. The van der Waals surface area contributed by atoms with Crippen LogP contribution in [0.25, 0.3) is 0 Å². The molecule has 0 spiro atoms. The van der Waals surface area contributed by atoms with Crippen molar-refractivity contribution in [3.63, 3.8) is 0 Å². The molecule has 0 saturated carbocycles. The highest BCUT2D eigenvalue weighted by atomic mass is 16.7. The predicted molar refractivity (Wildman–Crippen MR) is 409 cm³/mol. The first-order chi connectivity index (χ1) is 46.6. The summed E-state index contributed by atoms with van der Waals surface area (Å²) in [7, 11) is 5.93. The third-order valence-electron chi connectivity index (χ3n) is 13.8. The Hall–Kier alpha value is -7.17. The van der Waals surface area contributed by atoms with Gasteiger partial charge in [0.1, 0.15) is 13.2 Å².